The molecule has 0 aromatic rings. The van der Waals surface area contributed by atoms with E-state index in [0.717, 1.165) is 57.8 Å². The molecule has 8 nitrogen and oxygen atoms in total. The van der Waals surface area contributed by atoms with Crippen LogP contribution in [0.4, 0.5) is 0 Å². The number of quaternary nitrogens is 1. The molecule has 0 saturated carbocycles. The van der Waals surface area contributed by atoms with Crippen LogP contribution < -0.4 is 0 Å². The van der Waals surface area contributed by atoms with Crippen LogP contribution >= 0.6 is 0 Å². The summed E-state index contributed by atoms with van der Waals surface area (Å²) in [5, 5.41) is 9.45. The zero-order valence-corrected chi connectivity index (χ0v) is 27.4. The molecule has 8 heteroatoms. The molecule has 0 aliphatic carbocycles. The first-order valence-electron chi connectivity index (χ1n) is 15.8. The van der Waals surface area contributed by atoms with E-state index in [1.165, 1.54) is 0 Å². The molecule has 1 N–H and O–H groups in total. The Bertz CT molecular complexity index is 896. The lowest BCUT2D eigenvalue weighted by Gasteiger charge is -2.31. The molecule has 0 radical (unpaired) electrons. The lowest BCUT2D eigenvalue weighted by Crippen LogP contribution is -2.50. The maximum atomic E-state index is 12.4. The van der Waals surface area contributed by atoms with Crippen molar-refractivity contribution in [2.75, 3.05) is 41.0 Å². The summed E-state index contributed by atoms with van der Waals surface area (Å²) in [6, 6.07) is -0.617. The minimum absolute atomic E-state index is 0.0380. The normalized spacial score (nSPS) is 14.0. The third kappa shape index (κ3) is 25.3. The number of hydrogen-bond acceptors (Lipinski definition) is 6. The second kappa shape index (κ2) is 26.6. The number of ether oxygens (including phenoxy) is 3. The molecule has 0 heterocycles. The number of rotatable bonds is 26. The fourth-order valence-electron chi connectivity index (χ4n) is 3.98. The van der Waals surface area contributed by atoms with Gasteiger partial charge in [-0.25, -0.2) is 4.79 Å². The lowest BCUT2D eigenvalue weighted by atomic mass is 10.1. The Hall–Kier alpha value is -2.97. The molecule has 0 aliphatic heterocycles. The third-order valence-electron chi connectivity index (χ3n) is 6.49. The smallest absolute Gasteiger partial charge is 0.362 e. The molecule has 0 aromatic carbocycles. The van der Waals surface area contributed by atoms with Gasteiger partial charge >= 0.3 is 17.9 Å². The van der Waals surface area contributed by atoms with E-state index >= 15 is 0 Å². The Morgan fingerprint density at radius 1 is 0.721 bits per heavy atom. The number of esters is 2. The van der Waals surface area contributed by atoms with E-state index in [4.69, 9.17) is 14.2 Å². The minimum Gasteiger partial charge on any atom is -0.477 e. The number of carboxylic acid groups (broad SMARTS) is 1. The van der Waals surface area contributed by atoms with Crippen molar-refractivity contribution in [1.29, 1.82) is 0 Å². The quantitative estimate of drug-likeness (QED) is 0.0486. The summed E-state index contributed by atoms with van der Waals surface area (Å²) in [5.41, 5.74) is 0. The van der Waals surface area contributed by atoms with Crippen LogP contribution in [-0.4, -0.2) is 80.6 Å². The molecule has 0 aliphatic rings. The first kappa shape index (κ1) is 40.0. The average Bonchev–Trinajstić information content (AvgIpc) is 2.95. The van der Waals surface area contributed by atoms with Gasteiger partial charge in [-0.3, -0.25) is 9.59 Å². The topological polar surface area (TPSA) is 99.1 Å². The predicted octanol–water partition coefficient (Wildman–Crippen LogP) is 7.12. The fourth-order valence-corrected chi connectivity index (χ4v) is 3.98. The number of carbonyl (C=O) groups is 3. The van der Waals surface area contributed by atoms with Gasteiger partial charge in [0.2, 0.25) is 0 Å². The van der Waals surface area contributed by atoms with Crippen molar-refractivity contribution >= 4 is 17.9 Å². The molecule has 2 atom stereocenters. The van der Waals surface area contributed by atoms with Crippen LogP contribution in [0.1, 0.15) is 90.9 Å². The fraction of sp³-hybridized carbons (Fsp3) is 0.629. The number of unbranched alkanes of at least 4 members (excludes halogenated alkanes) is 3. The average molecular weight is 605 g/mol. The summed E-state index contributed by atoms with van der Waals surface area (Å²) >= 11 is 0. The molecule has 0 rings (SSSR count). The molecular formula is C35H58NO7+. The highest BCUT2D eigenvalue weighted by Gasteiger charge is 2.31. The van der Waals surface area contributed by atoms with Crippen molar-refractivity contribution < 1.29 is 38.2 Å². The Balaban J connectivity index is 4.17. The van der Waals surface area contributed by atoms with Crippen LogP contribution in [0.25, 0.3) is 0 Å². The van der Waals surface area contributed by atoms with Crippen LogP contribution in [0.3, 0.4) is 0 Å². The van der Waals surface area contributed by atoms with E-state index in [-0.39, 0.29) is 49.1 Å². The van der Waals surface area contributed by atoms with Gasteiger partial charge in [0, 0.05) is 19.3 Å². The van der Waals surface area contributed by atoms with Gasteiger partial charge in [0.1, 0.15) is 6.61 Å². The minimum atomic E-state index is -0.891. The predicted molar refractivity (Wildman–Crippen MR) is 174 cm³/mol. The second-order valence-electron chi connectivity index (χ2n) is 11.3. The van der Waals surface area contributed by atoms with Crippen LogP contribution in [0.15, 0.2) is 60.8 Å². The number of allylic oxidation sites excluding steroid dienone is 10. The van der Waals surface area contributed by atoms with Gasteiger partial charge < -0.3 is 23.8 Å². The SMILES string of the molecule is CC/C=C\C/C=C\C/C=C\C/C=C\C/C=C\CCCCCC(=O)OC(COCCC(C(=O)O)[N+](C)(C)C)COC(=O)CC. The number of carbonyl (C=O) groups excluding carboxylic acids is 2. The number of nitrogens with zero attached hydrogens (tertiary/aromatic N) is 1. The first-order valence-corrected chi connectivity index (χ1v) is 15.8. The van der Waals surface area contributed by atoms with Gasteiger partial charge in [-0.2, -0.15) is 0 Å². The third-order valence-corrected chi connectivity index (χ3v) is 6.49. The summed E-state index contributed by atoms with van der Waals surface area (Å²) in [5.74, 6) is -1.63. The van der Waals surface area contributed by atoms with Gasteiger partial charge in [-0.05, 0) is 51.4 Å². The van der Waals surface area contributed by atoms with E-state index in [2.05, 4.69) is 67.7 Å². The summed E-state index contributed by atoms with van der Waals surface area (Å²) in [7, 11) is 5.45. The second-order valence-corrected chi connectivity index (χ2v) is 11.3. The zero-order chi connectivity index (χ0) is 32.2. The highest BCUT2D eigenvalue weighted by Crippen LogP contribution is 2.10. The van der Waals surface area contributed by atoms with Crippen molar-refractivity contribution in [2.24, 2.45) is 0 Å². The maximum Gasteiger partial charge on any atom is 0.362 e. The number of aliphatic carboxylic acids is 1. The van der Waals surface area contributed by atoms with Gasteiger partial charge in [0.05, 0.1) is 34.4 Å². The molecular weight excluding hydrogens is 546 g/mol. The number of carboxylic acids is 1. The van der Waals surface area contributed by atoms with Crippen molar-refractivity contribution in [2.45, 2.75) is 103 Å². The van der Waals surface area contributed by atoms with Crippen molar-refractivity contribution in [3.05, 3.63) is 60.8 Å². The van der Waals surface area contributed by atoms with E-state index < -0.39 is 18.1 Å². The summed E-state index contributed by atoms with van der Waals surface area (Å²) in [6.45, 7) is 3.98. The Kier molecular flexibility index (Phi) is 24.8. The van der Waals surface area contributed by atoms with Gasteiger partial charge in [0.15, 0.2) is 12.1 Å². The largest absolute Gasteiger partial charge is 0.477 e. The van der Waals surface area contributed by atoms with Crippen molar-refractivity contribution in [3.8, 4) is 0 Å². The lowest BCUT2D eigenvalue weighted by molar-refractivity contribution is -0.887. The van der Waals surface area contributed by atoms with Crippen LogP contribution in [0.2, 0.25) is 0 Å². The Morgan fingerprint density at radius 2 is 1.28 bits per heavy atom. The van der Waals surface area contributed by atoms with Crippen LogP contribution in [-0.2, 0) is 28.6 Å². The molecule has 0 fully saturated rings. The van der Waals surface area contributed by atoms with Crippen LogP contribution in [0.5, 0.6) is 0 Å². The standard InChI is InChI=1S/C35H57NO7/c1-6-8-9-10-11-12-13-14-15-16-17-18-19-20-21-22-23-24-25-26-34(38)43-31(30-42-33(37)7-2)29-41-28-27-32(35(39)40)36(3,4)5/h8-9,11-12,14-15,17-18,20-21,31-32H,6-7,10,13,16,19,22-30H2,1-5H3/p+1/b9-8-,12-11-,15-14-,18-17-,21-20-. The summed E-state index contributed by atoms with van der Waals surface area (Å²) < 4.78 is 16.6. The van der Waals surface area contributed by atoms with Gasteiger partial charge in [-0.1, -0.05) is 81.0 Å². The van der Waals surface area contributed by atoms with Crippen molar-refractivity contribution in [1.82, 2.24) is 0 Å². The molecule has 0 amide bonds. The van der Waals surface area contributed by atoms with Gasteiger partial charge in [-0.15, -0.1) is 0 Å². The molecule has 0 bridgehead atoms. The summed E-state index contributed by atoms with van der Waals surface area (Å²) in [6.07, 6.45) is 30.5. The monoisotopic (exact) mass is 604 g/mol. The molecule has 244 valence electrons. The highest BCUT2D eigenvalue weighted by molar-refractivity contribution is 5.72. The van der Waals surface area contributed by atoms with Gasteiger partial charge in [0.25, 0.3) is 0 Å². The van der Waals surface area contributed by atoms with E-state index in [1.54, 1.807) is 6.92 Å². The van der Waals surface area contributed by atoms with Crippen LogP contribution in [0, 0.1) is 0 Å². The van der Waals surface area contributed by atoms with E-state index in [9.17, 15) is 19.5 Å². The molecule has 0 saturated heterocycles. The molecule has 0 aromatic heterocycles. The van der Waals surface area contributed by atoms with E-state index in [0.29, 0.717) is 6.42 Å². The highest BCUT2D eigenvalue weighted by atomic mass is 16.6. The maximum absolute atomic E-state index is 12.4. The number of hydrogen-bond donors (Lipinski definition) is 1. The van der Waals surface area contributed by atoms with Crippen molar-refractivity contribution in [3.63, 3.8) is 0 Å². The Morgan fingerprint density at radius 3 is 1.79 bits per heavy atom. The Labute approximate surface area is 260 Å². The number of likely N-dealkylation sites (N-methyl/N-ethyl adjacent to an activating group) is 1. The molecule has 43 heavy (non-hydrogen) atoms. The van der Waals surface area contributed by atoms with E-state index in [1.807, 2.05) is 21.1 Å². The molecule has 0 spiro atoms. The summed E-state index contributed by atoms with van der Waals surface area (Å²) in [4.78, 5) is 35.5. The molecule has 2 unspecified atom stereocenters. The zero-order valence-electron chi connectivity index (χ0n) is 27.4. The first-order chi connectivity index (χ1) is 20.6.